The number of esters is 1. The molecule has 7 heteroatoms. The summed E-state index contributed by atoms with van der Waals surface area (Å²) in [6, 6.07) is 17.8. The summed E-state index contributed by atoms with van der Waals surface area (Å²) >= 11 is 0. The minimum Gasteiger partial charge on any atom is -0.465 e. The smallest absolute Gasteiger partial charge is 0.337 e. The Balaban J connectivity index is 1.69. The average Bonchev–Trinajstić information content (AvgIpc) is 3.07. The number of aryl methyl sites for hydroxylation is 1. The molecule has 1 aromatic heterocycles. The normalized spacial score (nSPS) is 18.0. The minimum atomic E-state index is -3.74. The maximum Gasteiger partial charge on any atom is 0.337 e. The van der Waals surface area contributed by atoms with Crippen LogP contribution in [0.5, 0.6) is 0 Å². The third-order valence-corrected chi connectivity index (χ3v) is 7.49. The van der Waals surface area contributed by atoms with E-state index in [0.29, 0.717) is 17.8 Å². The number of fused-ring (bicyclic) bond motifs is 1. The van der Waals surface area contributed by atoms with Crippen molar-refractivity contribution in [3.05, 3.63) is 89.1 Å². The van der Waals surface area contributed by atoms with Crippen molar-refractivity contribution in [2.24, 2.45) is 0 Å². The topological polar surface area (TPSA) is 76.6 Å². The third-order valence-electron chi connectivity index (χ3n) is 5.74. The molecule has 0 radical (unpaired) electrons. The molecule has 6 nitrogen and oxygen atoms in total. The summed E-state index contributed by atoms with van der Waals surface area (Å²) in [5.41, 5.74) is 2.91. The number of anilines is 1. The molecule has 0 aliphatic carbocycles. The molecule has 1 aliphatic heterocycles. The molecule has 2 aromatic carbocycles. The number of ether oxygens (including phenoxy) is 1. The van der Waals surface area contributed by atoms with Crippen LogP contribution < -0.4 is 4.31 Å². The first kappa shape index (κ1) is 21.1. The Kier molecular flexibility index (Phi) is 5.31. The first-order valence-corrected chi connectivity index (χ1v) is 11.4. The van der Waals surface area contributed by atoms with Crippen LogP contribution in [-0.2, 0) is 26.6 Å². The summed E-state index contributed by atoms with van der Waals surface area (Å²) < 4.78 is 33.0. The van der Waals surface area contributed by atoms with Gasteiger partial charge >= 0.3 is 5.97 Å². The van der Waals surface area contributed by atoms with Crippen LogP contribution in [0.25, 0.3) is 0 Å². The van der Waals surface area contributed by atoms with Gasteiger partial charge in [-0.15, -0.1) is 0 Å². The number of hydrogen-bond acceptors (Lipinski definition) is 5. The van der Waals surface area contributed by atoms with E-state index in [2.05, 4.69) is 4.98 Å². The number of methoxy groups -OCH3 is 1. The number of aromatic nitrogens is 1. The quantitative estimate of drug-likeness (QED) is 0.567. The monoisotopic (exact) mass is 436 g/mol. The molecular formula is C24H24N2O4S. The molecule has 0 unspecified atom stereocenters. The molecule has 2 heterocycles. The Labute approximate surface area is 182 Å². The summed E-state index contributed by atoms with van der Waals surface area (Å²) in [4.78, 5) is 16.4. The van der Waals surface area contributed by atoms with E-state index in [1.54, 1.807) is 42.6 Å². The summed E-state index contributed by atoms with van der Waals surface area (Å²) in [7, 11) is -2.39. The standard InChI is InChI=1S/C24H24N2O4S/c1-17-6-12-20(13-7-17)31(28,29)26-16-24(2,21-5-4-14-25-22(21)26)15-18-8-10-19(11-9-18)23(27)30-3/h4-14H,15-16H2,1-3H3/t24-/m1/s1. The lowest BCUT2D eigenvalue weighted by Gasteiger charge is -2.26. The van der Waals surface area contributed by atoms with E-state index >= 15 is 0 Å². The molecule has 0 N–H and O–H groups in total. The van der Waals surface area contributed by atoms with Gasteiger partial charge in [0.1, 0.15) is 5.82 Å². The summed E-state index contributed by atoms with van der Waals surface area (Å²) in [5.74, 6) is 0.0836. The van der Waals surface area contributed by atoms with Crippen molar-refractivity contribution in [2.45, 2.75) is 30.6 Å². The number of carbonyl (C=O) groups excluding carboxylic acids is 1. The van der Waals surface area contributed by atoms with Crippen LogP contribution in [0.1, 0.15) is 34.0 Å². The highest BCUT2D eigenvalue weighted by molar-refractivity contribution is 7.92. The second kappa shape index (κ2) is 7.81. The van der Waals surface area contributed by atoms with E-state index in [4.69, 9.17) is 4.74 Å². The predicted octanol–water partition coefficient (Wildman–Crippen LogP) is 3.89. The van der Waals surface area contributed by atoms with E-state index in [1.165, 1.54) is 11.4 Å². The molecule has 0 fully saturated rings. The Hall–Kier alpha value is -3.19. The Bertz CT molecular complexity index is 1220. The number of benzene rings is 2. The zero-order valence-electron chi connectivity index (χ0n) is 17.7. The predicted molar refractivity (Wildman–Crippen MR) is 119 cm³/mol. The van der Waals surface area contributed by atoms with Crippen molar-refractivity contribution in [1.29, 1.82) is 0 Å². The fraction of sp³-hybridized carbons (Fsp3) is 0.250. The molecular weight excluding hydrogens is 412 g/mol. The molecule has 0 amide bonds. The van der Waals surface area contributed by atoms with Crippen LogP contribution in [0.4, 0.5) is 5.82 Å². The molecule has 0 spiro atoms. The first-order valence-electron chi connectivity index (χ1n) is 9.97. The molecule has 0 saturated heterocycles. The van der Waals surface area contributed by atoms with Gasteiger partial charge in [0, 0.05) is 23.7 Å². The van der Waals surface area contributed by atoms with Gasteiger partial charge in [0.2, 0.25) is 0 Å². The molecule has 3 aromatic rings. The lowest BCUT2D eigenvalue weighted by atomic mass is 9.79. The lowest BCUT2D eigenvalue weighted by molar-refractivity contribution is 0.0600. The largest absolute Gasteiger partial charge is 0.465 e. The van der Waals surface area contributed by atoms with Gasteiger partial charge in [0.25, 0.3) is 10.0 Å². The van der Waals surface area contributed by atoms with E-state index in [0.717, 1.165) is 16.7 Å². The fourth-order valence-corrected chi connectivity index (χ4v) is 5.62. The highest BCUT2D eigenvalue weighted by Crippen LogP contribution is 2.43. The number of rotatable bonds is 5. The fourth-order valence-electron chi connectivity index (χ4n) is 4.06. The van der Waals surface area contributed by atoms with Gasteiger partial charge in [0.05, 0.1) is 17.6 Å². The highest BCUT2D eigenvalue weighted by atomic mass is 32.2. The molecule has 4 rings (SSSR count). The van der Waals surface area contributed by atoms with Crippen molar-refractivity contribution in [3.63, 3.8) is 0 Å². The van der Waals surface area contributed by atoms with Crippen molar-refractivity contribution in [1.82, 2.24) is 4.98 Å². The van der Waals surface area contributed by atoms with Gasteiger partial charge in [-0.05, 0) is 49.2 Å². The number of nitrogens with zero attached hydrogens (tertiary/aromatic N) is 2. The molecule has 31 heavy (non-hydrogen) atoms. The molecule has 160 valence electrons. The molecule has 1 aliphatic rings. The number of pyridine rings is 1. The van der Waals surface area contributed by atoms with Crippen LogP contribution in [0.15, 0.2) is 71.8 Å². The van der Waals surface area contributed by atoms with Crippen LogP contribution in [-0.4, -0.2) is 33.0 Å². The van der Waals surface area contributed by atoms with Crippen molar-refractivity contribution in [3.8, 4) is 0 Å². The number of hydrogen-bond donors (Lipinski definition) is 0. The lowest BCUT2D eigenvalue weighted by Crippen LogP contribution is -2.36. The number of sulfonamides is 1. The minimum absolute atomic E-state index is 0.251. The summed E-state index contributed by atoms with van der Waals surface area (Å²) in [5, 5.41) is 0. The molecule has 0 saturated carbocycles. The zero-order valence-corrected chi connectivity index (χ0v) is 18.5. The van der Waals surface area contributed by atoms with Crippen molar-refractivity contribution >= 4 is 21.8 Å². The van der Waals surface area contributed by atoms with Crippen molar-refractivity contribution in [2.75, 3.05) is 18.0 Å². The van der Waals surface area contributed by atoms with E-state index in [-0.39, 0.29) is 17.4 Å². The van der Waals surface area contributed by atoms with Crippen LogP contribution in [0.2, 0.25) is 0 Å². The van der Waals surface area contributed by atoms with E-state index < -0.39 is 15.4 Å². The van der Waals surface area contributed by atoms with Gasteiger partial charge in [0.15, 0.2) is 0 Å². The van der Waals surface area contributed by atoms with Crippen LogP contribution in [0.3, 0.4) is 0 Å². The van der Waals surface area contributed by atoms with Crippen LogP contribution in [0, 0.1) is 6.92 Å². The van der Waals surface area contributed by atoms with Gasteiger partial charge in [-0.2, -0.15) is 0 Å². The van der Waals surface area contributed by atoms with Crippen molar-refractivity contribution < 1.29 is 17.9 Å². The Morgan fingerprint density at radius 1 is 1.10 bits per heavy atom. The van der Waals surface area contributed by atoms with E-state index in [1.807, 2.05) is 38.1 Å². The first-order chi connectivity index (χ1) is 14.7. The highest BCUT2D eigenvalue weighted by Gasteiger charge is 2.44. The molecule has 0 bridgehead atoms. The van der Waals surface area contributed by atoms with Gasteiger partial charge in [-0.3, -0.25) is 0 Å². The second-order valence-electron chi connectivity index (χ2n) is 8.13. The van der Waals surface area contributed by atoms with Gasteiger partial charge < -0.3 is 4.74 Å². The third kappa shape index (κ3) is 3.81. The van der Waals surface area contributed by atoms with Gasteiger partial charge in [-0.1, -0.05) is 42.8 Å². The van der Waals surface area contributed by atoms with Gasteiger partial charge in [-0.25, -0.2) is 22.5 Å². The Morgan fingerprint density at radius 3 is 2.42 bits per heavy atom. The van der Waals surface area contributed by atoms with E-state index in [9.17, 15) is 13.2 Å². The maximum atomic E-state index is 13.4. The summed E-state index contributed by atoms with van der Waals surface area (Å²) in [6.45, 7) is 4.26. The number of carbonyl (C=O) groups is 1. The van der Waals surface area contributed by atoms with Crippen LogP contribution >= 0.6 is 0 Å². The summed E-state index contributed by atoms with van der Waals surface area (Å²) in [6.07, 6.45) is 2.22. The molecule has 1 atom stereocenters. The second-order valence-corrected chi connectivity index (χ2v) is 9.99. The zero-order chi connectivity index (χ0) is 22.2. The SMILES string of the molecule is COC(=O)c1ccc(C[C@]2(C)CN(S(=O)(=O)c3ccc(C)cc3)c3ncccc32)cc1. The maximum absolute atomic E-state index is 13.4. The average molecular weight is 437 g/mol. The Morgan fingerprint density at radius 2 is 1.77 bits per heavy atom.